The van der Waals surface area contributed by atoms with Crippen LogP contribution in [0.2, 0.25) is 0 Å². The summed E-state index contributed by atoms with van der Waals surface area (Å²) in [4.78, 5) is 14.8. The van der Waals surface area contributed by atoms with Crippen LogP contribution in [-0.4, -0.2) is 33.5 Å². The van der Waals surface area contributed by atoms with E-state index in [-0.39, 0.29) is 0 Å². The van der Waals surface area contributed by atoms with Crippen LogP contribution >= 0.6 is 0 Å². The Morgan fingerprint density at radius 2 is 1.94 bits per heavy atom. The first kappa shape index (κ1) is 13.0. The molecule has 1 aromatic rings. The molecule has 0 aliphatic heterocycles. The standard InChI is InChI=1S/C12H15NO4/c1-15-10-5-4-9(6-11(10)16-2)7-13-8-12(14)17-3/h4-6,8H,7H2,1-3H3. The second-order valence-electron chi connectivity index (χ2n) is 3.18. The Bertz CT molecular complexity index is 415. The molecule has 0 aromatic heterocycles. The number of ether oxygens (including phenoxy) is 3. The molecule has 0 amide bonds. The third-order valence-electron chi connectivity index (χ3n) is 2.12. The second-order valence-corrected chi connectivity index (χ2v) is 3.18. The fourth-order valence-electron chi connectivity index (χ4n) is 1.26. The van der Waals surface area contributed by atoms with Crippen molar-refractivity contribution < 1.29 is 19.0 Å². The fourth-order valence-corrected chi connectivity index (χ4v) is 1.26. The van der Waals surface area contributed by atoms with Crippen molar-refractivity contribution in [3.05, 3.63) is 23.8 Å². The molecule has 0 atom stereocenters. The predicted molar refractivity (Wildman–Crippen MR) is 63.8 cm³/mol. The average molecular weight is 237 g/mol. The highest BCUT2D eigenvalue weighted by molar-refractivity contribution is 6.23. The van der Waals surface area contributed by atoms with Gasteiger partial charge in [0.15, 0.2) is 11.5 Å². The molecule has 0 aliphatic carbocycles. The van der Waals surface area contributed by atoms with Crippen molar-refractivity contribution in [3.8, 4) is 11.5 Å². The predicted octanol–water partition coefficient (Wildman–Crippen LogP) is 1.45. The molecular formula is C12H15NO4. The molecule has 0 N–H and O–H groups in total. The molecule has 5 heteroatoms. The van der Waals surface area contributed by atoms with E-state index in [4.69, 9.17) is 9.47 Å². The summed E-state index contributed by atoms with van der Waals surface area (Å²) < 4.78 is 14.7. The molecule has 17 heavy (non-hydrogen) atoms. The first-order valence-corrected chi connectivity index (χ1v) is 5.00. The van der Waals surface area contributed by atoms with E-state index < -0.39 is 5.97 Å². The van der Waals surface area contributed by atoms with E-state index in [2.05, 4.69) is 9.73 Å². The maximum Gasteiger partial charge on any atom is 0.348 e. The highest BCUT2D eigenvalue weighted by Crippen LogP contribution is 2.27. The fraction of sp³-hybridized carbons (Fsp3) is 0.333. The molecule has 5 nitrogen and oxygen atoms in total. The van der Waals surface area contributed by atoms with Crippen molar-refractivity contribution in [1.29, 1.82) is 0 Å². The van der Waals surface area contributed by atoms with Crippen LogP contribution in [0.15, 0.2) is 23.2 Å². The molecule has 0 spiro atoms. The van der Waals surface area contributed by atoms with Gasteiger partial charge in [-0.3, -0.25) is 4.99 Å². The lowest BCUT2D eigenvalue weighted by Crippen LogP contribution is -2.01. The normalized spacial score (nSPS) is 10.3. The maximum absolute atomic E-state index is 10.8. The highest BCUT2D eigenvalue weighted by Gasteiger charge is 2.03. The summed E-state index contributed by atoms with van der Waals surface area (Å²) in [5.41, 5.74) is 0.919. The summed E-state index contributed by atoms with van der Waals surface area (Å²) in [7, 11) is 4.46. The average Bonchev–Trinajstić information content (AvgIpc) is 2.38. The number of nitrogens with zero attached hydrogens (tertiary/aromatic N) is 1. The summed E-state index contributed by atoms with van der Waals surface area (Å²) in [6, 6.07) is 5.46. The zero-order chi connectivity index (χ0) is 12.7. The van der Waals surface area contributed by atoms with E-state index in [1.54, 1.807) is 20.3 Å². The molecule has 0 saturated carbocycles. The van der Waals surface area contributed by atoms with E-state index in [1.165, 1.54) is 7.11 Å². The molecule has 0 heterocycles. The monoisotopic (exact) mass is 237 g/mol. The van der Waals surface area contributed by atoms with Crippen LogP contribution in [0, 0.1) is 0 Å². The number of esters is 1. The Labute approximate surface area is 100 Å². The number of hydrogen-bond acceptors (Lipinski definition) is 5. The van der Waals surface area contributed by atoms with Crippen LogP contribution in [-0.2, 0) is 16.1 Å². The summed E-state index contributed by atoms with van der Waals surface area (Å²) in [6.45, 7) is 0.384. The summed E-state index contributed by atoms with van der Waals surface area (Å²) in [5.74, 6) is 0.831. The number of benzene rings is 1. The second kappa shape index (κ2) is 6.52. The van der Waals surface area contributed by atoms with Crippen LogP contribution in [0.1, 0.15) is 5.56 Å². The van der Waals surface area contributed by atoms with Crippen molar-refractivity contribution >= 4 is 12.2 Å². The molecule has 1 aromatic carbocycles. The minimum atomic E-state index is -0.467. The molecule has 1 rings (SSSR count). The summed E-state index contributed by atoms with van der Waals surface area (Å²) in [5, 5.41) is 0. The van der Waals surface area contributed by atoms with Gasteiger partial charge in [0, 0.05) is 0 Å². The first-order valence-electron chi connectivity index (χ1n) is 5.00. The van der Waals surface area contributed by atoms with Gasteiger partial charge in [-0.2, -0.15) is 0 Å². The molecule has 0 unspecified atom stereocenters. The Balaban J connectivity index is 2.72. The Kier molecular flexibility index (Phi) is 5.00. The van der Waals surface area contributed by atoms with Gasteiger partial charge in [0.25, 0.3) is 0 Å². The Morgan fingerprint density at radius 1 is 1.24 bits per heavy atom. The molecule has 0 aliphatic rings. The molecule has 92 valence electrons. The van der Waals surface area contributed by atoms with Crippen LogP contribution in [0.25, 0.3) is 0 Å². The van der Waals surface area contributed by atoms with Gasteiger partial charge in [-0.25, -0.2) is 4.79 Å². The number of carbonyl (C=O) groups excluding carboxylic acids is 1. The van der Waals surface area contributed by atoms with Gasteiger partial charge in [0.05, 0.1) is 27.9 Å². The number of methoxy groups -OCH3 is 3. The van der Waals surface area contributed by atoms with Gasteiger partial charge in [0.1, 0.15) is 6.21 Å². The van der Waals surface area contributed by atoms with Gasteiger partial charge in [-0.1, -0.05) is 6.07 Å². The van der Waals surface area contributed by atoms with Crippen LogP contribution in [0.4, 0.5) is 0 Å². The minimum absolute atomic E-state index is 0.384. The maximum atomic E-state index is 10.8. The van der Waals surface area contributed by atoms with Gasteiger partial charge in [-0.05, 0) is 17.7 Å². The Morgan fingerprint density at radius 3 is 2.53 bits per heavy atom. The highest BCUT2D eigenvalue weighted by atomic mass is 16.5. The molecule has 0 bridgehead atoms. The molecule has 0 saturated heterocycles. The van der Waals surface area contributed by atoms with Gasteiger partial charge in [-0.15, -0.1) is 0 Å². The van der Waals surface area contributed by atoms with Gasteiger partial charge < -0.3 is 14.2 Å². The lowest BCUT2D eigenvalue weighted by Gasteiger charge is -2.08. The van der Waals surface area contributed by atoms with Crippen molar-refractivity contribution in [2.45, 2.75) is 6.54 Å². The third-order valence-corrected chi connectivity index (χ3v) is 2.12. The van der Waals surface area contributed by atoms with Gasteiger partial charge in [0.2, 0.25) is 0 Å². The number of aliphatic imine (C=N–C) groups is 1. The number of carbonyl (C=O) groups is 1. The largest absolute Gasteiger partial charge is 0.493 e. The summed E-state index contributed by atoms with van der Waals surface area (Å²) in [6.07, 6.45) is 1.15. The third kappa shape index (κ3) is 3.79. The zero-order valence-corrected chi connectivity index (χ0v) is 10.1. The molecule has 0 radical (unpaired) electrons. The topological polar surface area (TPSA) is 57.1 Å². The summed E-state index contributed by atoms with van der Waals surface area (Å²) >= 11 is 0. The minimum Gasteiger partial charge on any atom is -0.493 e. The van der Waals surface area contributed by atoms with E-state index in [9.17, 15) is 4.79 Å². The van der Waals surface area contributed by atoms with Crippen molar-refractivity contribution in [1.82, 2.24) is 0 Å². The van der Waals surface area contributed by atoms with Crippen LogP contribution in [0.3, 0.4) is 0 Å². The van der Waals surface area contributed by atoms with Crippen LogP contribution in [0.5, 0.6) is 11.5 Å². The lowest BCUT2D eigenvalue weighted by molar-refractivity contribution is -0.132. The zero-order valence-electron chi connectivity index (χ0n) is 10.1. The van der Waals surface area contributed by atoms with E-state index >= 15 is 0 Å². The van der Waals surface area contributed by atoms with Crippen LogP contribution < -0.4 is 9.47 Å². The van der Waals surface area contributed by atoms with E-state index in [1.807, 2.05) is 12.1 Å². The number of rotatable bonds is 5. The van der Waals surface area contributed by atoms with E-state index in [0.29, 0.717) is 18.0 Å². The van der Waals surface area contributed by atoms with Gasteiger partial charge >= 0.3 is 5.97 Å². The van der Waals surface area contributed by atoms with Crippen molar-refractivity contribution in [3.63, 3.8) is 0 Å². The lowest BCUT2D eigenvalue weighted by atomic mass is 10.2. The smallest absolute Gasteiger partial charge is 0.348 e. The quantitative estimate of drug-likeness (QED) is 0.574. The SMILES string of the molecule is COC(=O)C=NCc1ccc(OC)c(OC)c1. The van der Waals surface area contributed by atoms with Crippen molar-refractivity contribution in [2.24, 2.45) is 4.99 Å². The molecular weight excluding hydrogens is 222 g/mol. The van der Waals surface area contributed by atoms with Crippen molar-refractivity contribution in [2.75, 3.05) is 21.3 Å². The Hall–Kier alpha value is -2.04. The number of hydrogen-bond donors (Lipinski definition) is 0. The molecule has 0 fully saturated rings. The first-order chi connectivity index (χ1) is 8.21. The van der Waals surface area contributed by atoms with E-state index in [0.717, 1.165) is 11.8 Å².